The third kappa shape index (κ3) is 3.82. The Hall–Kier alpha value is -1.77. The van der Waals surface area contributed by atoms with Crippen LogP contribution in [0.4, 0.5) is 5.69 Å². The molecule has 2 aromatic rings. The average molecular weight is 498 g/mol. The molecule has 0 unspecified atom stereocenters. The number of nitrogens with zero attached hydrogens (tertiary/aromatic N) is 1. The van der Waals surface area contributed by atoms with E-state index in [1.165, 1.54) is 18.9 Å². The lowest BCUT2D eigenvalue weighted by Gasteiger charge is -2.10. The topological polar surface area (TPSA) is 70.9 Å². The Bertz CT molecular complexity index is 958. The van der Waals surface area contributed by atoms with Crippen LogP contribution in [0.3, 0.4) is 0 Å². The molecule has 26 heavy (non-hydrogen) atoms. The molecular weight excluding hydrogens is 484 g/mol. The monoisotopic (exact) mass is 496 g/mol. The number of aryl methyl sites for hydroxylation is 1. The highest BCUT2D eigenvalue weighted by molar-refractivity contribution is 9.13. The van der Waals surface area contributed by atoms with Gasteiger partial charge in [0, 0.05) is 4.47 Å². The van der Waals surface area contributed by atoms with Gasteiger partial charge in [-0.3, -0.25) is 4.79 Å². The Labute approximate surface area is 171 Å². The average Bonchev–Trinajstić information content (AvgIpc) is 2.96. The lowest BCUT2D eigenvalue weighted by Crippen LogP contribution is -2.19. The first kappa shape index (κ1) is 19.0. The summed E-state index contributed by atoms with van der Waals surface area (Å²) in [6.07, 6.45) is 1.72. The summed E-state index contributed by atoms with van der Waals surface area (Å²) in [6.45, 7) is 1.97. The highest BCUT2D eigenvalue weighted by Crippen LogP contribution is 2.43. The molecule has 1 aliphatic rings. The van der Waals surface area contributed by atoms with E-state index in [4.69, 9.17) is 4.74 Å². The van der Waals surface area contributed by atoms with Gasteiger partial charge in [0.15, 0.2) is 16.7 Å². The van der Waals surface area contributed by atoms with Crippen LogP contribution in [0.25, 0.3) is 6.08 Å². The van der Waals surface area contributed by atoms with Crippen molar-refractivity contribution in [2.45, 2.75) is 6.92 Å². The highest BCUT2D eigenvalue weighted by Gasteiger charge is 2.25. The van der Waals surface area contributed by atoms with E-state index in [-0.39, 0.29) is 11.7 Å². The Kier molecular flexibility index (Phi) is 5.74. The van der Waals surface area contributed by atoms with Crippen LogP contribution in [0.5, 0.6) is 11.5 Å². The number of nitrogens with one attached hydrogen (secondary N) is 1. The minimum Gasteiger partial charge on any atom is -0.503 e. The van der Waals surface area contributed by atoms with Crippen molar-refractivity contribution in [2.75, 3.05) is 7.11 Å². The van der Waals surface area contributed by atoms with Crippen molar-refractivity contribution in [2.24, 2.45) is 4.99 Å². The molecule has 0 bridgehead atoms. The minimum atomic E-state index is -0.225. The number of thioether (sulfide) groups is 1. The summed E-state index contributed by atoms with van der Waals surface area (Å²) in [6, 6.07) is 9.37. The molecular formula is C18H14Br2N2O3S. The number of hydrogen-bond acceptors (Lipinski definition) is 5. The largest absolute Gasteiger partial charge is 0.503 e. The number of hydrogen-bond donors (Lipinski definition) is 2. The molecule has 0 aliphatic carbocycles. The number of phenols is 1. The summed E-state index contributed by atoms with van der Waals surface area (Å²) >= 11 is 8.00. The van der Waals surface area contributed by atoms with Crippen LogP contribution in [0, 0.1) is 6.92 Å². The Balaban J connectivity index is 1.95. The SMILES string of the molecule is COc1cc(/C=C2/SC(=Nc3ccccc3C)NC2=O)c(Br)c(Br)c1O. The maximum Gasteiger partial charge on any atom is 0.264 e. The zero-order chi connectivity index (χ0) is 18.8. The molecule has 134 valence electrons. The first-order valence-electron chi connectivity index (χ1n) is 7.51. The van der Waals surface area contributed by atoms with Gasteiger partial charge in [0.1, 0.15) is 0 Å². The number of benzene rings is 2. The number of methoxy groups -OCH3 is 1. The van der Waals surface area contributed by atoms with Crippen LogP contribution in [-0.2, 0) is 4.79 Å². The molecule has 0 saturated carbocycles. The minimum absolute atomic E-state index is 0.00754. The Morgan fingerprint density at radius 2 is 2.00 bits per heavy atom. The maximum atomic E-state index is 12.3. The van der Waals surface area contributed by atoms with Gasteiger partial charge >= 0.3 is 0 Å². The number of amides is 1. The Morgan fingerprint density at radius 3 is 2.69 bits per heavy atom. The third-order valence-corrected chi connectivity index (χ3v) is 6.74. The second kappa shape index (κ2) is 7.85. The van der Waals surface area contributed by atoms with E-state index in [1.54, 1.807) is 12.1 Å². The first-order chi connectivity index (χ1) is 12.4. The van der Waals surface area contributed by atoms with Crippen molar-refractivity contribution in [3.05, 3.63) is 55.3 Å². The van der Waals surface area contributed by atoms with E-state index in [1.807, 2.05) is 31.2 Å². The Morgan fingerprint density at radius 1 is 1.27 bits per heavy atom. The fourth-order valence-electron chi connectivity index (χ4n) is 2.29. The fourth-order valence-corrected chi connectivity index (χ4v) is 3.96. The van der Waals surface area contributed by atoms with Gasteiger partial charge < -0.3 is 15.2 Å². The van der Waals surface area contributed by atoms with Gasteiger partial charge in [-0.25, -0.2) is 4.99 Å². The summed E-state index contributed by atoms with van der Waals surface area (Å²) in [5.41, 5.74) is 2.54. The molecule has 0 aromatic heterocycles. The van der Waals surface area contributed by atoms with Crippen molar-refractivity contribution in [1.82, 2.24) is 5.32 Å². The molecule has 8 heteroatoms. The number of para-hydroxylation sites is 1. The highest BCUT2D eigenvalue weighted by atomic mass is 79.9. The molecule has 0 atom stereocenters. The zero-order valence-electron chi connectivity index (χ0n) is 13.8. The smallest absolute Gasteiger partial charge is 0.264 e. The number of halogens is 2. The van der Waals surface area contributed by atoms with Crippen molar-refractivity contribution in [3.63, 3.8) is 0 Å². The number of aromatic hydroxyl groups is 1. The van der Waals surface area contributed by atoms with Crippen LogP contribution in [0.2, 0.25) is 0 Å². The number of carbonyl (C=O) groups excluding carboxylic acids is 1. The molecule has 2 N–H and O–H groups in total. The molecule has 1 aliphatic heterocycles. The van der Waals surface area contributed by atoms with Crippen LogP contribution in [0.1, 0.15) is 11.1 Å². The summed E-state index contributed by atoms with van der Waals surface area (Å²) in [5, 5.41) is 13.3. The van der Waals surface area contributed by atoms with E-state index in [9.17, 15) is 9.90 Å². The standard InChI is InChI=1S/C18H14Br2N2O3S/c1-9-5-3-4-6-11(9)21-18-22-17(24)13(26-18)8-10-7-12(25-2)16(23)15(20)14(10)19/h3-8,23H,1-2H3,(H,21,22,24)/b13-8+. The summed E-state index contributed by atoms with van der Waals surface area (Å²) in [5.74, 6) is 0.0772. The van der Waals surface area contributed by atoms with Gasteiger partial charge in [-0.05, 0) is 79.9 Å². The van der Waals surface area contributed by atoms with Crippen molar-refractivity contribution >= 4 is 66.5 Å². The van der Waals surface area contributed by atoms with E-state index in [0.29, 0.717) is 30.3 Å². The molecule has 1 fully saturated rings. The van der Waals surface area contributed by atoms with Gasteiger partial charge in [-0.2, -0.15) is 0 Å². The van der Waals surface area contributed by atoms with Gasteiger partial charge in [0.25, 0.3) is 5.91 Å². The molecule has 2 aromatic carbocycles. The van der Waals surface area contributed by atoms with Gasteiger partial charge in [0.05, 0.1) is 22.2 Å². The summed E-state index contributed by atoms with van der Waals surface area (Å²) < 4.78 is 6.25. The van der Waals surface area contributed by atoms with E-state index < -0.39 is 0 Å². The predicted molar refractivity (Wildman–Crippen MR) is 112 cm³/mol. The molecule has 1 amide bonds. The predicted octanol–water partition coefficient (Wildman–Crippen LogP) is 5.13. The van der Waals surface area contributed by atoms with Crippen molar-refractivity contribution in [1.29, 1.82) is 0 Å². The molecule has 5 nitrogen and oxygen atoms in total. The normalized spacial score (nSPS) is 17.0. The summed E-state index contributed by atoms with van der Waals surface area (Å²) in [7, 11) is 1.47. The van der Waals surface area contributed by atoms with Crippen molar-refractivity contribution in [3.8, 4) is 11.5 Å². The molecule has 1 saturated heterocycles. The lowest BCUT2D eigenvalue weighted by atomic mass is 10.2. The quantitative estimate of drug-likeness (QED) is 0.577. The van der Waals surface area contributed by atoms with Gasteiger partial charge in [0.2, 0.25) is 0 Å². The molecule has 1 heterocycles. The fraction of sp³-hybridized carbons (Fsp3) is 0.111. The second-order valence-electron chi connectivity index (χ2n) is 5.41. The number of carbonyl (C=O) groups is 1. The number of ether oxygens (including phenoxy) is 1. The van der Waals surface area contributed by atoms with Crippen LogP contribution in [-0.4, -0.2) is 23.3 Å². The van der Waals surface area contributed by atoms with Gasteiger partial charge in [-0.1, -0.05) is 18.2 Å². The number of phenolic OH excluding ortho intramolecular Hbond substituents is 1. The molecule has 0 radical (unpaired) electrons. The molecule has 3 rings (SSSR count). The lowest BCUT2D eigenvalue weighted by molar-refractivity contribution is -0.115. The number of aliphatic imine (C=N–C) groups is 1. The third-order valence-electron chi connectivity index (χ3n) is 3.67. The van der Waals surface area contributed by atoms with E-state index in [2.05, 4.69) is 42.2 Å². The van der Waals surface area contributed by atoms with Crippen LogP contribution in [0.15, 0.2) is 49.2 Å². The second-order valence-corrected chi connectivity index (χ2v) is 8.03. The zero-order valence-corrected chi connectivity index (χ0v) is 17.8. The number of rotatable bonds is 3. The first-order valence-corrected chi connectivity index (χ1v) is 9.91. The van der Waals surface area contributed by atoms with Crippen molar-refractivity contribution < 1.29 is 14.6 Å². The molecule has 0 spiro atoms. The van der Waals surface area contributed by atoms with E-state index in [0.717, 1.165) is 11.3 Å². The van der Waals surface area contributed by atoms with Gasteiger partial charge in [-0.15, -0.1) is 0 Å². The van der Waals surface area contributed by atoms with Crippen LogP contribution >= 0.6 is 43.6 Å². The van der Waals surface area contributed by atoms with Crippen LogP contribution < -0.4 is 10.1 Å². The number of amidine groups is 1. The summed E-state index contributed by atoms with van der Waals surface area (Å²) in [4.78, 5) is 17.3. The van der Waals surface area contributed by atoms with E-state index >= 15 is 0 Å². The maximum absolute atomic E-state index is 12.3.